The standard InChI is InChI=1S/C17H18N2S2/c1-11-3-8-15-16(9-11)21-17(19-15)13-4-6-14(7-5-13)18-10-12(2)20/h3-9,12,18,20H,10H2,1-2H3. The number of aryl methyl sites for hydroxylation is 1. The molecule has 0 aliphatic heterocycles. The Morgan fingerprint density at radius 3 is 2.67 bits per heavy atom. The maximum Gasteiger partial charge on any atom is 0.124 e. The molecule has 0 spiro atoms. The van der Waals surface area contributed by atoms with Gasteiger partial charge in [-0.15, -0.1) is 11.3 Å². The highest BCUT2D eigenvalue weighted by atomic mass is 32.1. The van der Waals surface area contributed by atoms with E-state index in [0.717, 1.165) is 22.8 Å². The van der Waals surface area contributed by atoms with E-state index >= 15 is 0 Å². The van der Waals surface area contributed by atoms with Gasteiger partial charge in [0, 0.05) is 23.0 Å². The van der Waals surface area contributed by atoms with E-state index in [4.69, 9.17) is 4.98 Å². The molecule has 1 N–H and O–H groups in total. The second-order valence-corrected chi connectivity index (χ2v) is 7.21. The minimum absolute atomic E-state index is 0.345. The van der Waals surface area contributed by atoms with Gasteiger partial charge in [-0.3, -0.25) is 0 Å². The molecule has 0 aliphatic carbocycles. The lowest BCUT2D eigenvalue weighted by atomic mass is 10.2. The molecule has 0 bridgehead atoms. The van der Waals surface area contributed by atoms with Crippen molar-refractivity contribution in [1.29, 1.82) is 0 Å². The molecular formula is C17H18N2S2. The van der Waals surface area contributed by atoms with Crippen molar-refractivity contribution in [1.82, 2.24) is 4.98 Å². The van der Waals surface area contributed by atoms with Gasteiger partial charge in [-0.2, -0.15) is 12.6 Å². The van der Waals surface area contributed by atoms with Crippen LogP contribution >= 0.6 is 24.0 Å². The molecule has 2 nitrogen and oxygen atoms in total. The molecule has 0 saturated carbocycles. The van der Waals surface area contributed by atoms with Gasteiger partial charge in [-0.25, -0.2) is 4.98 Å². The first-order chi connectivity index (χ1) is 10.1. The molecule has 0 saturated heterocycles. The van der Waals surface area contributed by atoms with Gasteiger partial charge in [0.2, 0.25) is 0 Å². The van der Waals surface area contributed by atoms with Crippen molar-refractivity contribution in [2.75, 3.05) is 11.9 Å². The van der Waals surface area contributed by atoms with Gasteiger partial charge < -0.3 is 5.32 Å². The number of benzene rings is 2. The first kappa shape index (κ1) is 14.4. The van der Waals surface area contributed by atoms with Crippen LogP contribution in [0.1, 0.15) is 12.5 Å². The molecule has 1 atom stereocenters. The first-order valence-corrected chi connectivity index (χ1v) is 8.35. The van der Waals surface area contributed by atoms with E-state index in [2.05, 4.69) is 74.3 Å². The fraction of sp³-hybridized carbons (Fsp3) is 0.235. The van der Waals surface area contributed by atoms with Gasteiger partial charge in [-0.1, -0.05) is 13.0 Å². The van der Waals surface area contributed by atoms with E-state index in [1.807, 2.05) is 0 Å². The highest BCUT2D eigenvalue weighted by molar-refractivity contribution is 7.80. The van der Waals surface area contributed by atoms with E-state index < -0.39 is 0 Å². The number of fused-ring (bicyclic) bond motifs is 1. The van der Waals surface area contributed by atoms with Crippen molar-refractivity contribution in [3.05, 3.63) is 48.0 Å². The molecule has 0 aliphatic rings. The van der Waals surface area contributed by atoms with Gasteiger partial charge >= 0.3 is 0 Å². The summed E-state index contributed by atoms with van der Waals surface area (Å²) in [6.45, 7) is 5.05. The van der Waals surface area contributed by atoms with Crippen LogP contribution in [-0.4, -0.2) is 16.8 Å². The Balaban J connectivity index is 1.85. The normalized spacial score (nSPS) is 12.5. The zero-order chi connectivity index (χ0) is 14.8. The quantitative estimate of drug-likeness (QED) is 0.662. The van der Waals surface area contributed by atoms with Crippen LogP contribution in [0.3, 0.4) is 0 Å². The Hall–Kier alpha value is -1.52. The summed E-state index contributed by atoms with van der Waals surface area (Å²) >= 11 is 6.12. The Bertz CT molecular complexity index is 745. The van der Waals surface area contributed by atoms with Gasteiger partial charge in [0.15, 0.2) is 0 Å². The summed E-state index contributed by atoms with van der Waals surface area (Å²) in [7, 11) is 0. The summed E-state index contributed by atoms with van der Waals surface area (Å²) in [5, 5.41) is 4.78. The Kier molecular flexibility index (Phi) is 4.17. The molecule has 0 amide bonds. The number of aromatic nitrogens is 1. The van der Waals surface area contributed by atoms with E-state index in [0.29, 0.717) is 5.25 Å². The van der Waals surface area contributed by atoms with Crippen LogP contribution in [-0.2, 0) is 0 Å². The monoisotopic (exact) mass is 314 g/mol. The van der Waals surface area contributed by atoms with E-state index in [-0.39, 0.29) is 0 Å². The molecule has 0 radical (unpaired) electrons. The van der Waals surface area contributed by atoms with E-state index in [1.165, 1.54) is 15.8 Å². The van der Waals surface area contributed by atoms with Crippen LogP contribution in [0.25, 0.3) is 20.8 Å². The van der Waals surface area contributed by atoms with Crippen LogP contribution < -0.4 is 5.32 Å². The summed E-state index contributed by atoms with van der Waals surface area (Å²) in [5.74, 6) is 0. The summed E-state index contributed by atoms with van der Waals surface area (Å²) < 4.78 is 1.25. The molecule has 2 aromatic carbocycles. The fourth-order valence-corrected chi connectivity index (χ4v) is 3.31. The maximum atomic E-state index is 4.71. The lowest BCUT2D eigenvalue weighted by Gasteiger charge is -2.08. The van der Waals surface area contributed by atoms with Crippen LogP contribution in [0, 0.1) is 6.92 Å². The second kappa shape index (κ2) is 6.08. The maximum absolute atomic E-state index is 4.71. The molecule has 21 heavy (non-hydrogen) atoms. The average molecular weight is 314 g/mol. The number of thiazole rings is 1. The third-order valence-electron chi connectivity index (χ3n) is 3.28. The number of rotatable bonds is 4. The fourth-order valence-electron chi connectivity index (χ4n) is 2.15. The van der Waals surface area contributed by atoms with Crippen molar-refractivity contribution in [3.8, 4) is 10.6 Å². The van der Waals surface area contributed by atoms with Crippen LogP contribution in [0.4, 0.5) is 5.69 Å². The number of nitrogens with one attached hydrogen (secondary N) is 1. The molecule has 108 valence electrons. The third kappa shape index (κ3) is 3.39. The summed E-state index contributed by atoms with van der Waals surface area (Å²) in [6.07, 6.45) is 0. The topological polar surface area (TPSA) is 24.9 Å². The summed E-state index contributed by atoms with van der Waals surface area (Å²) in [6, 6.07) is 14.8. The molecule has 1 heterocycles. The number of thiol groups is 1. The van der Waals surface area contributed by atoms with Crippen LogP contribution in [0.15, 0.2) is 42.5 Å². The molecular weight excluding hydrogens is 296 g/mol. The number of hydrogen-bond acceptors (Lipinski definition) is 4. The van der Waals surface area contributed by atoms with Crippen LogP contribution in [0.5, 0.6) is 0 Å². The van der Waals surface area contributed by atoms with Crippen molar-refractivity contribution >= 4 is 39.9 Å². The lowest BCUT2D eigenvalue weighted by Crippen LogP contribution is -2.10. The predicted molar refractivity (Wildman–Crippen MR) is 96.7 cm³/mol. The zero-order valence-electron chi connectivity index (χ0n) is 12.1. The highest BCUT2D eigenvalue weighted by Gasteiger charge is 2.06. The first-order valence-electron chi connectivity index (χ1n) is 7.01. The van der Waals surface area contributed by atoms with Crippen molar-refractivity contribution in [2.24, 2.45) is 0 Å². The molecule has 3 rings (SSSR count). The number of hydrogen-bond donors (Lipinski definition) is 2. The largest absolute Gasteiger partial charge is 0.384 e. The molecule has 3 aromatic rings. The van der Waals surface area contributed by atoms with E-state index in [9.17, 15) is 0 Å². The van der Waals surface area contributed by atoms with E-state index in [1.54, 1.807) is 11.3 Å². The van der Waals surface area contributed by atoms with Crippen LogP contribution in [0.2, 0.25) is 0 Å². The minimum Gasteiger partial charge on any atom is -0.384 e. The zero-order valence-corrected chi connectivity index (χ0v) is 13.8. The second-order valence-electron chi connectivity index (χ2n) is 5.30. The minimum atomic E-state index is 0.345. The van der Waals surface area contributed by atoms with Gasteiger partial charge in [0.05, 0.1) is 10.2 Å². The molecule has 4 heteroatoms. The Labute approximate surface area is 134 Å². The number of nitrogens with zero attached hydrogens (tertiary/aromatic N) is 1. The van der Waals surface area contributed by atoms with Crippen molar-refractivity contribution in [3.63, 3.8) is 0 Å². The van der Waals surface area contributed by atoms with Gasteiger partial charge in [0.25, 0.3) is 0 Å². The SMILES string of the molecule is Cc1ccc2nc(-c3ccc(NCC(C)S)cc3)sc2c1. The number of anilines is 1. The predicted octanol–water partition coefficient (Wildman–Crippen LogP) is 5.00. The highest BCUT2D eigenvalue weighted by Crippen LogP contribution is 2.31. The van der Waals surface area contributed by atoms with Crippen molar-refractivity contribution in [2.45, 2.75) is 19.1 Å². The van der Waals surface area contributed by atoms with Gasteiger partial charge in [0.1, 0.15) is 5.01 Å². The Morgan fingerprint density at radius 1 is 1.19 bits per heavy atom. The third-order valence-corrected chi connectivity index (χ3v) is 4.53. The average Bonchev–Trinajstić information content (AvgIpc) is 2.88. The molecule has 0 fully saturated rings. The molecule has 1 aromatic heterocycles. The lowest BCUT2D eigenvalue weighted by molar-refractivity contribution is 1.01. The summed E-state index contributed by atoms with van der Waals surface area (Å²) in [4.78, 5) is 4.71. The molecule has 1 unspecified atom stereocenters. The van der Waals surface area contributed by atoms with Crippen molar-refractivity contribution < 1.29 is 0 Å². The summed E-state index contributed by atoms with van der Waals surface area (Å²) in [5.41, 5.74) is 4.64. The van der Waals surface area contributed by atoms with Gasteiger partial charge in [-0.05, 0) is 48.9 Å². The Morgan fingerprint density at radius 2 is 1.95 bits per heavy atom. The smallest absolute Gasteiger partial charge is 0.124 e.